The Bertz CT molecular complexity index is 1980. The van der Waals surface area contributed by atoms with E-state index in [9.17, 15) is 22.8 Å². The van der Waals surface area contributed by atoms with Gasteiger partial charge in [-0.25, -0.2) is 28.0 Å². The second kappa shape index (κ2) is 16.7. The summed E-state index contributed by atoms with van der Waals surface area (Å²) in [6, 6.07) is 15.8. The van der Waals surface area contributed by atoms with Crippen molar-refractivity contribution in [3.05, 3.63) is 77.6 Å². The number of hydrogen-bond acceptors (Lipinski definition) is 10. The van der Waals surface area contributed by atoms with Crippen LogP contribution in [-0.2, 0) is 36.8 Å². The van der Waals surface area contributed by atoms with E-state index in [-0.39, 0.29) is 87.1 Å². The van der Waals surface area contributed by atoms with Gasteiger partial charge >= 0.3 is 12.2 Å². The molecule has 3 heterocycles. The lowest BCUT2D eigenvalue weighted by molar-refractivity contribution is -0.117. The molecule has 3 aliphatic rings. The second-order valence-corrected chi connectivity index (χ2v) is 17.4. The Kier molecular flexibility index (Phi) is 12.1. The number of nitrogens with zero attached hydrogens (tertiary/aromatic N) is 5. The van der Waals surface area contributed by atoms with Gasteiger partial charge in [-0.05, 0) is 89.3 Å². The molecule has 1 aliphatic carbocycles. The topological polar surface area (TPSA) is 163 Å². The maximum atomic E-state index is 16.0. The molecule has 1 atom stereocenters. The van der Waals surface area contributed by atoms with Crippen molar-refractivity contribution in [3.63, 3.8) is 0 Å². The van der Waals surface area contributed by atoms with Gasteiger partial charge < -0.3 is 29.9 Å². The predicted molar refractivity (Wildman–Crippen MR) is 204 cm³/mol. The summed E-state index contributed by atoms with van der Waals surface area (Å²) in [6.07, 6.45) is 0.0182. The molecule has 0 unspecified atom stereocenters. The molecule has 0 radical (unpaired) electrons. The Morgan fingerprint density at radius 3 is 2.16 bits per heavy atom. The third-order valence-electron chi connectivity index (χ3n) is 10.1. The molecule has 3 amide bonds. The zero-order chi connectivity index (χ0) is 40.3. The number of alkyl halides is 2. The van der Waals surface area contributed by atoms with Crippen LogP contribution in [0.5, 0.6) is 0 Å². The molecule has 302 valence electrons. The quantitative estimate of drug-likeness (QED) is 0.268. The van der Waals surface area contributed by atoms with E-state index in [1.54, 1.807) is 44.7 Å². The molecule has 2 aromatic carbocycles. The van der Waals surface area contributed by atoms with Crippen molar-refractivity contribution in [2.75, 3.05) is 42.5 Å². The standard InChI is InChI=1S/C39H49F2N7O7S/c1-26-22-33(39(40,41)28-10-12-29(13-11-28)43-36(50)54-25-27-8-6-5-7-9-27)45-35(42-26)46-18-20-47(21-19-46)56(52,53)32-16-14-31(15-17-32)48-24-30(23-34(48)49)44-37(51)55-38(2,3)4/h5-9,14-17,22,28-30H,10-13,18-21,23-25H2,1-4H3,(H,43,50)(H,44,51)/t28?,29?,30-/m1/s1. The maximum Gasteiger partial charge on any atom is 0.407 e. The summed E-state index contributed by atoms with van der Waals surface area (Å²) in [5.41, 5.74) is 0.669. The van der Waals surface area contributed by atoms with Crippen LogP contribution in [-0.4, -0.2) is 91.2 Å². The minimum Gasteiger partial charge on any atom is -0.445 e. The normalized spacial score (nSPS) is 21.1. The van der Waals surface area contributed by atoms with Crippen LogP contribution in [0, 0.1) is 12.8 Å². The number of benzene rings is 2. The highest BCUT2D eigenvalue weighted by atomic mass is 32.2. The number of carbonyl (C=O) groups excluding carboxylic acids is 3. The average molecular weight is 798 g/mol. The number of sulfonamides is 1. The van der Waals surface area contributed by atoms with Gasteiger partial charge in [0.25, 0.3) is 5.92 Å². The zero-order valence-electron chi connectivity index (χ0n) is 32.0. The van der Waals surface area contributed by atoms with Crippen LogP contribution in [0.3, 0.4) is 0 Å². The Balaban J connectivity index is 1.01. The van der Waals surface area contributed by atoms with Crippen molar-refractivity contribution in [2.45, 2.75) is 94.9 Å². The molecule has 1 saturated carbocycles. The van der Waals surface area contributed by atoms with Gasteiger partial charge in [0.1, 0.15) is 17.9 Å². The number of anilines is 2. The molecule has 3 aromatic rings. The summed E-state index contributed by atoms with van der Waals surface area (Å²) in [4.78, 5) is 49.2. The molecule has 2 aliphatic heterocycles. The van der Waals surface area contributed by atoms with Gasteiger partial charge in [0.05, 0.1) is 10.9 Å². The zero-order valence-corrected chi connectivity index (χ0v) is 32.9. The molecular weight excluding hydrogens is 749 g/mol. The summed E-state index contributed by atoms with van der Waals surface area (Å²) >= 11 is 0. The number of rotatable bonds is 10. The van der Waals surface area contributed by atoms with Gasteiger partial charge in [-0.3, -0.25) is 4.79 Å². The highest BCUT2D eigenvalue weighted by Gasteiger charge is 2.45. The molecule has 56 heavy (non-hydrogen) atoms. The SMILES string of the molecule is Cc1cc(C(F)(F)C2CCC(NC(=O)OCc3ccccc3)CC2)nc(N2CCN(S(=O)(=O)c3ccc(N4C[C@H](NC(=O)OC(C)(C)C)CC4=O)cc3)CC2)n1. The fourth-order valence-corrected chi connectivity index (χ4v) is 8.63. The molecule has 14 nitrogen and oxygen atoms in total. The lowest BCUT2D eigenvalue weighted by atomic mass is 9.81. The van der Waals surface area contributed by atoms with E-state index in [0.717, 1.165) is 5.56 Å². The van der Waals surface area contributed by atoms with Crippen LogP contribution in [0.4, 0.5) is 30.0 Å². The van der Waals surface area contributed by atoms with Gasteiger partial charge in [0.2, 0.25) is 21.9 Å². The first-order valence-corrected chi connectivity index (χ1v) is 20.3. The van der Waals surface area contributed by atoms with Crippen LogP contribution in [0.2, 0.25) is 0 Å². The third kappa shape index (κ3) is 9.90. The van der Waals surface area contributed by atoms with Crippen LogP contribution in [0.15, 0.2) is 65.6 Å². The number of halogens is 2. The summed E-state index contributed by atoms with van der Waals surface area (Å²) in [5, 5.41) is 5.51. The average Bonchev–Trinajstić information content (AvgIpc) is 3.52. The van der Waals surface area contributed by atoms with Gasteiger partial charge in [0, 0.05) is 62.5 Å². The van der Waals surface area contributed by atoms with Crippen molar-refractivity contribution in [3.8, 4) is 0 Å². The van der Waals surface area contributed by atoms with Crippen LogP contribution < -0.4 is 20.4 Å². The van der Waals surface area contributed by atoms with E-state index in [2.05, 4.69) is 20.6 Å². The van der Waals surface area contributed by atoms with Crippen molar-refractivity contribution >= 4 is 39.8 Å². The van der Waals surface area contributed by atoms with Gasteiger partial charge in [-0.15, -0.1) is 0 Å². The van der Waals surface area contributed by atoms with Crippen LogP contribution in [0.25, 0.3) is 0 Å². The molecule has 17 heteroatoms. The lowest BCUT2D eigenvalue weighted by Crippen LogP contribution is -2.49. The van der Waals surface area contributed by atoms with Crippen molar-refractivity contribution < 1.29 is 41.1 Å². The second-order valence-electron chi connectivity index (χ2n) is 15.5. The summed E-state index contributed by atoms with van der Waals surface area (Å²) < 4.78 is 71.1. The number of carbonyl (C=O) groups is 3. The van der Waals surface area contributed by atoms with E-state index in [1.165, 1.54) is 27.4 Å². The van der Waals surface area contributed by atoms with Crippen molar-refractivity contribution in [1.29, 1.82) is 0 Å². The highest BCUT2D eigenvalue weighted by molar-refractivity contribution is 7.89. The molecular formula is C39H49F2N7O7S. The molecule has 6 rings (SSSR count). The van der Waals surface area contributed by atoms with E-state index in [1.807, 2.05) is 30.3 Å². The fourth-order valence-electron chi connectivity index (χ4n) is 7.21. The molecule has 2 saturated heterocycles. The van der Waals surface area contributed by atoms with E-state index >= 15 is 8.78 Å². The van der Waals surface area contributed by atoms with Gasteiger partial charge in [-0.2, -0.15) is 13.1 Å². The van der Waals surface area contributed by atoms with Gasteiger partial charge in [0.15, 0.2) is 0 Å². The Morgan fingerprint density at radius 2 is 1.52 bits per heavy atom. The number of alkyl carbamates (subject to hydrolysis) is 2. The van der Waals surface area contributed by atoms with E-state index in [0.29, 0.717) is 24.2 Å². The summed E-state index contributed by atoms with van der Waals surface area (Å²) in [6.45, 7) is 7.76. The summed E-state index contributed by atoms with van der Waals surface area (Å²) in [5.74, 6) is -4.31. The van der Waals surface area contributed by atoms with E-state index < -0.39 is 45.7 Å². The fraction of sp³-hybridized carbons (Fsp3) is 0.513. The molecule has 3 fully saturated rings. The molecule has 0 bridgehead atoms. The van der Waals surface area contributed by atoms with Crippen LogP contribution in [0.1, 0.15) is 69.8 Å². The smallest absolute Gasteiger partial charge is 0.407 e. The largest absolute Gasteiger partial charge is 0.445 e. The summed E-state index contributed by atoms with van der Waals surface area (Å²) in [7, 11) is -3.91. The lowest BCUT2D eigenvalue weighted by Gasteiger charge is -2.35. The predicted octanol–water partition coefficient (Wildman–Crippen LogP) is 5.50. The Morgan fingerprint density at radius 1 is 0.875 bits per heavy atom. The number of hydrogen-bond donors (Lipinski definition) is 2. The minimum atomic E-state index is -3.91. The number of ether oxygens (including phenoxy) is 2. The Hall–Kier alpha value is -4.90. The van der Waals surface area contributed by atoms with Crippen molar-refractivity contribution in [2.24, 2.45) is 5.92 Å². The highest BCUT2D eigenvalue weighted by Crippen LogP contribution is 2.43. The van der Waals surface area contributed by atoms with E-state index in [4.69, 9.17) is 9.47 Å². The first-order chi connectivity index (χ1) is 26.5. The monoisotopic (exact) mass is 797 g/mol. The van der Waals surface area contributed by atoms with Gasteiger partial charge in [-0.1, -0.05) is 30.3 Å². The number of amides is 3. The Labute approximate surface area is 326 Å². The first kappa shape index (κ1) is 40.8. The van der Waals surface area contributed by atoms with Crippen LogP contribution >= 0.6 is 0 Å². The maximum absolute atomic E-state index is 16.0. The molecule has 0 spiro atoms. The molecule has 1 aromatic heterocycles. The molecule has 2 N–H and O–H groups in total. The minimum absolute atomic E-state index is 0.0486. The van der Waals surface area contributed by atoms with Crippen molar-refractivity contribution in [1.82, 2.24) is 24.9 Å². The first-order valence-electron chi connectivity index (χ1n) is 18.8. The number of nitrogens with one attached hydrogen (secondary N) is 2. The number of aromatic nitrogens is 2. The number of piperazine rings is 1. The number of aryl methyl sites for hydroxylation is 1. The third-order valence-corrected chi connectivity index (χ3v) is 12.0.